The van der Waals surface area contributed by atoms with Gasteiger partial charge in [0, 0.05) is 6.08 Å². The maximum atomic E-state index is 11.4. The minimum Gasteiger partial charge on any atom is -0.452 e. The third-order valence-electron chi connectivity index (χ3n) is 2.55. The van der Waals surface area contributed by atoms with Gasteiger partial charge in [-0.1, -0.05) is 43.5 Å². The van der Waals surface area contributed by atoms with Crippen molar-refractivity contribution in [1.82, 2.24) is 5.32 Å². The average Bonchev–Trinajstić information content (AvgIpc) is 2.44. The molecule has 0 saturated carbocycles. The molecule has 1 aromatic carbocycles. The van der Waals surface area contributed by atoms with Gasteiger partial charge in [0.05, 0.1) is 6.04 Å². The summed E-state index contributed by atoms with van der Waals surface area (Å²) >= 11 is 0. The van der Waals surface area contributed by atoms with Gasteiger partial charge < -0.3 is 10.1 Å². The number of esters is 1. The van der Waals surface area contributed by atoms with Crippen molar-refractivity contribution < 1.29 is 14.3 Å². The van der Waals surface area contributed by atoms with Crippen molar-refractivity contribution in [3.8, 4) is 0 Å². The second-order valence-electron chi connectivity index (χ2n) is 3.97. The zero-order valence-electron chi connectivity index (χ0n) is 10.8. The first-order valence-corrected chi connectivity index (χ1v) is 5.89. The molecule has 0 saturated heterocycles. The van der Waals surface area contributed by atoms with Crippen molar-refractivity contribution in [3.05, 3.63) is 61.2 Å². The molecule has 0 spiro atoms. The van der Waals surface area contributed by atoms with E-state index in [0.717, 1.165) is 11.6 Å². The predicted octanol–water partition coefficient (Wildman–Crippen LogP) is 2.15. The summed E-state index contributed by atoms with van der Waals surface area (Å²) in [6.07, 6.45) is 1.70. The van der Waals surface area contributed by atoms with Crippen molar-refractivity contribution in [3.63, 3.8) is 0 Å². The SMILES string of the molecule is C=CC(=O)N[C@@H](C)C(OC(=O)C=C)c1ccccc1. The Morgan fingerprint density at radius 2 is 1.84 bits per heavy atom. The highest BCUT2D eigenvalue weighted by Gasteiger charge is 2.23. The summed E-state index contributed by atoms with van der Waals surface area (Å²) in [5.41, 5.74) is 0.801. The Hall–Kier alpha value is -2.36. The van der Waals surface area contributed by atoms with Gasteiger partial charge in [-0.25, -0.2) is 4.79 Å². The molecule has 19 heavy (non-hydrogen) atoms. The van der Waals surface area contributed by atoms with Gasteiger partial charge in [0.15, 0.2) is 0 Å². The van der Waals surface area contributed by atoms with Crippen LogP contribution in [0.25, 0.3) is 0 Å². The molecule has 0 aromatic heterocycles. The highest BCUT2D eigenvalue weighted by atomic mass is 16.5. The Labute approximate surface area is 112 Å². The second kappa shape index (κ2) is 7.16. The van der Waals surface area contributed by atoms with Gasteiger partial charge in [0.25, 0.3) is 0 Å². The second-order valence-corrected chi connectivity index (χ2v) is 3.97. The van der Waals surface area contributed by atoms with E-state index in [1.54, 1.807) is 6.92 Å². The number of ether oxygens (including phenoxy) is 1. The maximum absolute atomic E-state index is 11.4. The number of rotatable bonds is 6. The topological polar surface area (TPSA) is 55.4 Å². The molecule has 0 fully saturated rings. The van der Waals surface area contributed by atoms with E-state index in [9.17, 15) is 9.59 Å². The number of carbonyl (C=O) groups excluding carboxylic acids is 2. The molecule has 1 rings (SSSR count). The van der Waals surface area contributed by atoms with E-state index in [0.29, 0.717) is 0 Å². The van der Waals surface area contributed by atoms with Gasteiger partial charge in [0.2, 0.25) is 5.91 Å². The lowest BCUT2D eigenvalue weighted by molar-refractivity contribution is -0.145. The Kier molecular flexibility index (Phi) is 5.54. The van der Waals surface area contributed by atoms with Crippen LogP contribution in [-0.4, -0.2) is 17.9 Å². The average molecular weight is 259 g/mol. The molecule has 1 aromatic rings. The van der Waals surface area contributed by atoms with Crippen LogP contribution in [0.15, 0.2) is 55.6 Å². The molecule has 0 heterocycles. The summed E-state index contributed by atoms with van der Waals surface area (Å²) in [6, 6.07) is 8.83. The summed E-state index contributed by atoms with van der Waals surface area (Å²) in [6.45, 7) is 8.51. The van der Waals surface area contributed by atoms with E-state index in [-0.39, 0.29) is 11.9 Å². The van der Waals surface area contributed by atoms with Crippen LogP contribution in [0, 0.1) is 0 Å². The Bertz CT molecular complexity index is 468. The number of nitrogens with one attached hydrogen (secondary N) is 1. The molecule has 0 bridgehead atoms. The summed E-state index contributed by atoms with van der Waals surface area (Å²) in [5.74, 6) is -0.850. The molecule has 0 radical (unpaired) electrons. The molecule has 0 aliphatic carbocycles. The summed E-state index contributed by atoms with van der Waals surface area (Å²) in [7, 11) is 0. The van der Waals surface area contributed by atoms with Crippen LogP contribution in [0.2, 0.25) is 0 Å². The Morgan fingerprint density at radius 1 is 1.21 bits per heavy atom. The van der Waals surface area contributed by atoms with Crippen LogP contribution in [0.4, 0.5) is 0 Å². The largest absolute Gasteiger partial charge is 0.452 e. The number of benzene rings is 1. The van der Waals surface area contributed by atoms with E-state index < -0.39 is 12.1 Å². The van der Waals surface area contributed by atoms with Gasteiger partial charge in [-0.15, -0.1) is 0 Å². The molecule has 4 nitrogen and oxygen atoms in total. The maximum Gasteiger partial charge on any atom is 0.330 e. The zero-order chi connectivity index (χ0) is 14.3. The highest BCUT2D eigenvalue weighted by Crippen LogP contribution is 2.21. The normalized spacial score (nSPS) is 12.9. The summed E-state index contributed by atoms with van der Waals surface area (Å²) in [5, 5.41) is 2.69. The molecule has 1 N–H and O–H groups in total. The zero-order valence-corrected chi connectivity index (χ0v) is 10.8. The molecular formula is C15H17NO3. The van der Waals surface area contributed by atoms with E-state index in [1.807, 2.05) is 30.3 Å². The first-order chi connectivity index (χ1) is 9.08. The first-order valence-electron chi connectivity index (χ1n) is 5.89. The van der Waals surface area contributed by atoms with E-state index in [2.05, 4.69) is 18.5 Å². The molecule has 100 valence electrons. The van der Waals surface area contributed by atoms with Crippen LogP contribution in [0.5, 0.6) is 0 Å². The van der Waals surface area contributed by atoms with Gasteiger partial charge in [0.1, 0.15) is 6.10 Å². The molecule has 1 unspecified atom stereocenters. The van der Waals surface area contributed by atoms with Crippen LogP contribution < -0.4 is 5.32 Å². The third kappa shape index (κ3) is 4.43. The van der Waals surface area contributed by atoms with Crippen molar-refractivity contribution >= 4 is 11.9 Å². The van der Waals surface area contributed by atoms with Gasteiger partial charge >= 0.3 is 5.97 Å². The van der Waals surface area contributed by atoms with E-state index in [1.165, 1.54) is 6.08 Å². The summed E-state index contributed by atoms with van der Waals surface area (Å²) in [4.78, 5) is 22.7. The van der Waals surface area contributed by atoms with Crippen LogP contribution in [-0.2, 0) is 14.3 Å². The van der Waals surface area contributed by atoms with Crippen molar-refractivity contribution in [2.75, 3.05) is 0 Å². The minimum absolute atomic E-state index is 0.317. The lowest BCUT2D eigenvalue weighted by Gasteiger charge is -2.24. The van der Waals surface area contributed by atoms with Gasteiger partial charge in [-0.2, -0.15) is 0 Å². The van der Waals surface area contributed by atoms with Gasteiger partial charge in [-0.05, 0) is 18.6 Å². The molecule has 0 aliphatic rings. The first kappa shape index (κ1) is 14.7. The van der Waals surface area contributed by atoms with Crippen molar-refractivity contribution in [2.45, 2.75) is 19.1 Å². The predicted molar refractivity (Wildman–Crippen MR) is 73.3 cm³/mol. The Balaban J connectivity index is 2.91. The molecular weight excluding hydrogens is 242 g/mol. The van der Waals surface area contributed by atoms with Crippen LogP contribution in [0.1, 0.15) is 18.6 Å². The lowest BCUT2D eigenvalue weighted by Crippen LogP contribution is -2.37. The Morgan fingerprint density at radius 3 is 2.37 bits per heavy atom. The van der Waals surface area contributed by atoms with Gasteiger partial charge in [-0.3, -0.25) is 4.79 Å². The lowest BCUT2D eigenvalue weighted by atomic mass is 10.0. The van der Waals surface area contributed by atoms with Crippen LogP contribution >= 0.6 is 0 Å². The smallest absolute Gasteiger partial charge is 0.330 e. The molecule has 4 heteroatoms. The monoisotopic (exact) mass is 259 g/mol. The minimum atomic E-state index is -0.574. The summed E-state index contributed by atoms with van der Waals surface area (Å²) < 4.78 is 5.29. The fourth-order valence-electron chi connectivity index (χ4n) is 1.63. The highest BCUT2D eigenvalue weighted by molar-refractivity contribution is 5.87. The van der Waals surface area contributed by atoms with Crippen LogP contribution in [0.3, 0.4) is 0 Å². The molecule has 0 aliphatic heterocycles. The third-order valence-corrected chi connectivity index (χ3v) is 2.55. The fourth-order valence-corrected chi connectivity index (χ4v) is 1.63. The van der Waals surface area contributed by atoms with E-state index in [4.69, 9.17) is 4.74 Å². The number of hydrogen-bond acceptors (Lipinski definition) is 3. The van der Waals surface area contributed by atoms with Crippen molar-refractivity contribution in [1.29, 1.82) is 0 Å². The molecule has 2 atom stereocenters. The number of carbonyl (C=O) groups is 2. The molecule has 1 amide bonds. The quantitative estimate of drug-likeness (QED) is 0.629. The standard InChI is InChI=1S/C15H17NO3/c1-4-13(17)16-11(3)15(19-14(18)5-2)12-9-7-6-8-10-12/h4-11,15H,1-2H2,3H3,(H,16,17)/t11-,15?/m0/s1. The number of hydrogen-bond donors (Lipinski definition) is 1. The fraction of sp³-hybridized carbons (Fsp3) is 0.200. The van der Waals surface area contributed by atoms with E-state index >= 15 is 0 Å². The van der Waals surface area contributed by atoms with Crippen molar-refractivity contribution in [2.24, 2.45) is 0 Å². The number of amides is 1.